The molecule has 1 aliphatic heterocycles. The maximum absolute atomic E-state index is 13.8. The van der Waals surface area contributed by atoms with Gasteiger partial charge in [-0.3, -0.25) is 4.90 Å². The molecule has 1 aromatic carbocycles. The Labute approximate surface area is 118 Å². The van der Waals surface area contributed by atoms with Crippen LogP contribution in [0.4, 0.5) is 4.39 Å². The number of halogens is 1. The lowest BCUT2D eigenvalue weighted by molar-refractivity contribution is 0.0595. The molecule has 1 fully saturated rings. The monoisotopic (exact) mass is 281 g/mol. The first kappa shape index (κ1) is 14.9. The van der Waals surface area contributed by atoms with Gasteiger partial charge in [-0.05, 0) is 43.0 Å². The molecule has 0 saturated carbocycles. The number of esters is 1. The minimum atomic E-state index is -0.654. The first-order chi connectivity index (χ1) is 9.63. The lowest BCUT2D eigenvalue weighted by Gasteiger charge is -2.16. The summed E-state index contributed by atoms with van der Waals surface area (Å²) in [5.41, 5.74) is 0.815. The molecule has 1 aliphatic rings. The standard InChI is InChI=1S/C15H20FNO3/c1-20-15(19)13-3-2-12(8-14(13)16)10-17-6-4-11(9-17)5-7-18/h2-3,8,11,18H,4-7,9-10H2,1H3. The maximum atomic E-state index is 13.8. The molecule has 1 heterocycles. The van der Waals surface area contributed by atoms with Gasteiger partial charge in [0.1, 0.15) is 5.82 Å². The van der Waals surface area contributed by atoms with Crippen LogP contribution >= 0.6 is 0 Å². The Bertz CT molecular complexity index is 478. The molecule has 110 valence electrons. The SMILES string of the molecule is COC(=O)c1ccc(CN2CCC(CCO)C2)cc1F. The number of methoxy groups -OCH3 is 1. The summed E-state index contributed by atoms with van der Waals surface area (Å²) in [5.74, 6) is -0.669. The van der Waals surface area contributed by atoms with E-state index in [9.17, 15) is 9.18 Å². The Morgan fingerprint density at radius 3 is 3.00 bits per heavy atom. The molecule has 0 amide bonds. The van der Waals surface area contributed by atoms with Gasteiger partial charge in [-0.25, -0.2) is 9.18 Å². The van der Waals surface area contributed by atoms with E-state index in [0.29, 0.717) is 12.5 Å². The first-order valence-electron chi connectivity index (χ1n) is 6.84. The highest BCUT2D eigenvalue weighted by Crippen LogP contribution is 2.22. The van der Waals surface area contributed by atoms with Crippen molar-refractivity contribution in [2.24, 2.45) is 5.92 Å². The van der Waals surface area contributed by atoms with E-state index in [1.165, 1.54) is 19.2 Å². The molecule has 4 nitrogen and oxygen atoms in total. The summed E-state index contributed by atoms with van der Waals surface area (Å²) in [7, 11) is 1.24. The number of hydrogen-bond donors (Lipinski definition) is 1. The third-order valence-corrected chi connectivity index (χ3v) is 3.75. The number of ether oxygens (including phenoxy) is 1. The molecule has 5 heteroatoms. The Kier molecular flexibility index (Phi) is 5.09. The minimum Gasteiger partial charge on any atom is -0.465 e. The zero-order chi connectivity index (χ0) is 14.5. The van der Waals surface area contributed by atoms with E-state index in [4.69, 9.17) is 5.11 Å². The molecular weight excluding hydrogens is 261 g/mol. The summed E-state index contributed by atoms with van der Waals surface area (Å²) in [6.45, 7) is 2.78. The summed E-state index contributed by atoms with van der Waals surface area (Å²) < 4.78 is 18.3. The topological polar surface area (TPSA) is 49.8 Å². The van der Waals surface area contributed by atoms with Crippen LogP contribution in [0, 0.1) is 11.7 Å². The van der Waals surface area contributed by atoms with Gasteiger partial charge < -0.3 is 9.84 Å². The quantitative estimate of drug-likeness (QED) is 0.836. The number of aliphatic hydroxyl groups excluding tert-OH is 1. The Hall–Kier alpha value is -1.46. The third-order valence-electron chi connectivity index (χ3n) is 3.75. The zero-order valence-corrected chi connectivity index (χ0v) is 11.6. The van der Waals surface area contributed by atoms with E-state index in [-0.39, 0.29) is 12.2 Å². The predicted molar refractivity (Wildman–Crippen MR) is 72.8 cm³/mol. The smallest absolute Gasteiger partial charge is 0.340 e. The van der Waals surface area contributed by atoms with Gasteiger partial charge in [0.05, 0.1) is 12.7 Å². The molecule has 0 radical (unpaired) electrons. The van der Waals surface area contributed by atoms with Crippen LogP contribution in [0.5, 0.6) is 0 Å². The molecular formula is C15H20FNO3. The van der Waals surface area contributed by atoms with Crippen LogP contribution < -0.4 is 0 Å². The molecule has 1 unspecified atom stereocenters. The highest BCUT2D eigenvalue weighted by Gasteiger charge is 2.22. The Balaban J connectivity index is 1.97. The first-order valence-corrected chi connectivity index (χ1v) is 6.84. The fourth-order valence-electron chi connectivity index (χ4n) is 2.67. The van der Waals surface area contributed by atoms with Gasteiger partial charge in [-0.15, -0.1) is 0 Å². The highest BCUT2D eigenvalue weighted by atomic mass is 19.1. The number of aliphatic hydroxyl groups is 1. The molecule has 20 heavy (non-hydrogen) atoms. The summed E-state index contributed by atoms with van der Waals surface area (Å²) in [5, 5.41) is 8.93. The van der Waals surface area contributed by atoms with Gasteiger partial charge in [0, 0.05) is 19.7 Å². The van der Waals surface area contributed by atoms with Crippen LogP contribution in [0.2, 0.25) is 0 Å². The summed E-state index contributed by atoms with van der Waals surface area (Å²) in [4.78, 5) is 13.6. The van der Waals surface area contributed by atoms with Crippen LogP contribution in [0.3, 0.4) is 0 Å². The van der Waals surface area contributed by atoms with E-state index in [2.05, 4.69) is 9.64 Å². The predicted octanol–water partition coefficient (Wildman–Crippen LogP) is 1.82. The molecule has 2 rings (SSSR count). The fourth-order valence-corrected chi connectivity index (χ4v) is 2.67. The molecule has 1 aromatic rings. The van der Waals surface area contributed by atoms with Crippen molar-refractivity contribution in [3.63, 3.8) is 0 Å². The molecule has 0 aliphatic carbocycles. The second-order valence-electron chi connectivity index (χ2n) is 5.21. The highest BCUT2D eigenvalue weighted by molar-refractivity contribution is 5.89. The van der Waals surface area contributed by atoms with E-state index in [1.807, 2.05) is 0 Å². The fraction of sp³-hybridized carbons (Fsp3) is 0.533. The third kappa shape index (κ3) is 3.55. The molecule has 1 saturated heterocycles. The average Bonchev–Trinajstić information content (AvgIpc) is 2.86. The Morgan fingerprint density at radius 1 is 1.55 bits per heavy atom. The van der Waals surface area contributed by atoms with Crippen LogP contribution in [0.1, 0.15) is 28.8 Å². The molecule has 0 spiro atoms. The number of rotatable bonds is 5. The van der Waals surface area contributed by atoms with Crippen LogP contribution in [0.25, 0.3) is 0 Å². The number of benzene rings is 1. The van der Waals surface area contributed by atoms with Gasteiger partial charge >= 0.3 is 5.97 Å². The molecule has 0 bridgehead atoms. The van der Waals surface area contributed by atoms with Crippen molar-refractivity contribution in [1.82, 2.24) is 4.90 Å². The minimum absolute atomic E-state index is 0.0316. The number of carbonyl (C=O) groups is 1. The maximum Gasteiger partial charge on any atom is 0.340 e. The number of hydrogen-bond acceptors (Lipinski definition) is 4. The Morgan fingerprint density at radius 2 is 2.35 bits per heavy atom. The lowest BCUT2D eigenvalue weighted by Crippen LogP contribution is -2.20. The van der Waals surface area contributed by atoms with Crippen LogP contribution in [0.15, 0.2) is 18.2 Å². The van der Waals surface area contributed by atoms with Crippen LogP contribution in [-0.2, 0) is 11.3 Å². The number of carbonyl (C=O) groups excluding carboxylic acids is 1. The van der Waals surface area contributed by atoms with Gasteiger partial charge in [-0.2, -0.15) is 0 Å². The summed E-state index contributed by atoms with van der Waals surface area (Å²) in [6.07, 6.45) is 1.90. The molecule has 0 aromatic heterocycles. The van der Waals surface area contributed by atoms with Gasteiger partial charge in [0.25, 0.3) is 0 Å². The van der Waals surface area contributed by atoms with Crippen LogP contribution in [-0.4, -0.2) is 42.8 Å². The largest absolute Gasteiger partial charge is 0.465 e. The number of likely N-dealkylation sites (tertiary alicyclic amines) is 1. The zero-order valence-electron chi connectivity index (χ0n) is 11.6. The molecule has 1 N–H and O–H groups in total. The van der Waals surface area contributed by atoms with Crippen molar-refractivity contribution >= 4 is 5.97 Å². The van der Waals surface area contributed by atoms with Gasteiger partial charge in [0.15, 0.2) is 0 Å². The van der Waals surface area contributed by atoms with Crippen molar-refractivity contribution in [3.8, 4) is 0 Å². The summed E-state index contributed by atoms with van der Waals surface area (Å²) in [6, 6.07) is 4.62. The van der Waals surface area contributed by atoms with E-state index in [0.717, 1.165) is 31.5 Å². The lowest BCUT2D eigenvalue weighted by atomic mass is 10.1. The van der Waals surface area contributed by atoms with Crippen molar-refractivity contribution in [1.29, 1.82) is 0 Å². The second-order valence-corrected chi connectivity index (χ2v) is 5.21. The van der Waals surface area contributed by atoms with E-state index >= 15 is 0 Å². The molecule has 1 atom stereocenters. The van der Waals surface area contributed by atoms with E-state index in [1.54, 1.807) is 6.07 Å². The van der Waals surface area contributed by atoms with Gasteiger partial charge in [0.2, 0.25) is 0 Å². The second kappa shape index (κ2) is 6.81. The van der Waals surface area contributed by atoms with E-state index < -0.39 is 11.8 Å². The van der Waals surface area contributed by atoms with Crippen molar-refractivity contribution < 1.29 is 19.0 Å². The normalized spacial score (nSPS) is 19.2. The average molecular weight is 281 g/mol. The van der Waals surface area contributed by atoms with Crippen molar-refractivity contribution in [2.75, 3.05) is 26.8 Å². The summed E-state index contributed by atoms with van der Waals surface area (Å²) >= 11 is 0. The van der Waals surface area contributed by atoms with Crippen molar-refractivity contribution in [2.45, 2.75) is 19.4 Å². The van der Waals surface area contributed by atoms with Gasteiger partial charge in [-0.1, -0.05) is 6.07 Å². The van der Waals surface area contributed by atoms with Crippen molar-refractivity contribution in [3.05, 3.63) is 35.1 Å². The number of nitrogens with zero attached hydrogens (tertiary/aromatic N) is 1.